The van der Waals surface area contributed by atoms with Gasteiger partial charge in [-0.05, 0) is 39.2 Å². The number of carbonyl (C=O) groups is 2. The van der Waals surface area contributed by atoms with Crippen molar-refractivity contribution in [1.29, 1.82) is 0 Å². The Morgan fingerprint density at radius 3 is 2.41 bits per heavy atom. The van der Waals surface area contributed by atoms with E-state index in [1.807, 2.05) is 27.7 Å². The number of nitrogens with two attached hydrogens (primary N) is 1. The Labute approximate surface area is 158 Å². The summed E-state index contributed by atoms with van der Waals surface area (Å²) in [6.07, 6.45) is 3.07. The molecule has 1 aromatic rings. The van der Waals surface area contributed by atoms with Gasteiger partial charge in [0.15, 0.2) is 11.5 Å². The molecule has 0 unspecified atom stereocenters. The maximum absolute atomic E-state index is 11.8. The van der Waals surface area contributed by atoms with Crippen LogP contribution in [-0.2, 0) is 18.8 Å². The average Bonchev–Trinajstić information content (AvgIpc) is 2.79. The van der Waals surface area contributed by atoms with Gasteiger partial charge in [-0.25, -0.2) is 14.8 Å². The highest BCUT2D eigenvalue weighted by molar-refractivity contribution is 6.56. The van der Waals surface area contributed by atoms with E-state index in [9.17, 15) is 9.59 Å². The van der Waals surface area contributed by atoms with Crippen LogP contribution in [0, 0.1) is 0 Å². The highest BCUT2D eigenvalue weighted by Crippen LogP contribution is 2.38. The molecule has 0 aromatic carbocycles. The van der Waals surface area contributed by atoms with Crippen molar-refractivity contribution < 1.29 is 23.6 Å². The number of ether oxygens (including phenoxy) is 1. The van der Waals surface area contributed by atoms with Gasteiger partial charge in [0.05, 0.1) is 30.2 Å². The minimum Gasteiger partial charge on any atom is -0.464 e. The first-order valence-corrected chi connectivity index (χ1v) is 8.48. The van der Waals surface area contributed by atoms with Gasteiger partial charge in [0.25, 0.3) is 0 Å². The number of nitrogens with zero attached hydrogens (tertiary/aromatic N) is 2. The van der Waals surface area contributed by atoms with Crippen LogP contribution >= 0.6 is 0 Å². The quantitative estimate of drug-likeness (QED) is 0.576. The molecule has 0 radical (unpaired) electrons. The highest BCUT2D eigenvalue weighted by Gasteiger charge is 2.52. The molecule has 1 amide bonds. The summed E-state index contributed by atoms with van der Waals surface area (Å²) in [5, 5.41) is 2.73. The maximum atomic E-state index is 11.8. The van der Waals surface area contributed by atoms with Crippen molar-refractivity contribution >= 4 is 30.9 Å². The number of nitrogen functional groups attached to an aromatic ring is 1. The molecule has 1 aliphatic heterocycles. The van der Waals surface area contributed by atoms with Gasteiger partial charge in [0.1, 0.15) is 0 Å². The van der Waals surface area contributed by atoms with Crippen molar-refractivity contribution in [2.45, 2.75) is 45.8 Å². The third kappa shape index (κ3) is 4.64. The number of anilines is 1. The number of carbonyl (C=O) groups excluding carboxylic acids is 2. The molecule has 1 aliphatic rings. The molecule has 1 fully saturated rings. The molecule has 27 heavy (non-hydrogen) atoms. The lowest BCUT2D eigenvalue weighted by Gasteiger charge is -2.32. The van der Waals surface area contributed by atoms with E-state index in [4.69, 9.17) is 15.0 Å². The van der Waals surface area contributed by atoms with Crippen LogP contribution in [0.2, 0.25) is 0 Å². The van der Waals surface area contributed by atoms with Crippen molar-refractivity contribution in [3.63, 3.8) is 0 Å². The van der Waals surface area contributed by atoms with Crippen LogP contribution < -0.4 is 11.1 Å². The first kappa shape index (κ1) is 20.9. The Hall–Kier alpha value is -2.46. The summed E-state index contributed by atoms with van der Waals surface area (Å²) in [6, 6.07) is 0. The zero-order valence-electron chi connectivity index (χ0n) is 16.5. The van der Waals surface area contributed by atoms with E-state index in [1.165, 1.54) is 20.2 Å². The number of aromatic nitrogens is 2. The number of esters is 1. The minimum atomic E-state index is -0.692. The number of nitrogens with one attached hydrogen (secondary N) is 1. The van der Waals surface area contributed by atoms with Crippen LogP contribution in [0.4, 0.5) is 5.82 Å². The van der Waals surface area contributed by atoms with Crippen LogP contribution in [0.25, 0.3) is 6.08 Å². The molecule has 0 spiro atoms. The summed E-state index contributed by atoms with van der Waals surface area (Å²) in [4.78, 5) is 31.3. The summed E-state index contributed by atoms with van der Waals surface area (Å²) in [7, 11) is 0.543. The molecule has 2 heterocycles. The lowest BCUT2D eigenvalue weighted by atomic mass is 9.77. The van der Waals surface area contributed by atoms with Gasteiger partial charge in [-0.15, -0.1) is 0 Å². The number of hydrogen-bond donors (Lipinski definition) is 2. The maximum Gasteiger partial charge on any atom is 0.492 e. The van der Waals surface area contributed by atoms with E-state index < -0.39 is 24.3 Å². The summed E-state index contributed by atoms with van der Waals surface area (Å²) in [6.45, 7) is 9.33. The largest absolute Gasteiger partial charge is 0.492 e. The van der Waals surface area contributed by atoms with Gasteiger partial charge in [-0.3, -0.25) is 4.79 Å². The standard InChI is InChI=1S/C17H25BN4O5/c1-10(23)20-8-11(18-26-16(2,3)17(4,5)27-18)7-12-9-21-14(19)13(22-12)15(24)25-6/h7,9H,8H2,1-6H3,(H2,19,21)(H,20,23). The van der Waals surface area contributed by atoms with E-state index in [0.29, 0.717) is 11.2 Å². The van der Waals surface area contributed by atoms with E-state index in [-0.39, 0.29) is 24.0 Å². The van der Waals surface area contributed by atoms with Gasteiger partial charge in [-0.1, -0.05) is 0 Å². The smallest absolute Gasteiger partial charge is 0.464 e. The summed E-state index contributed by atoms with van der Waals surface area (Å²) >= 11 is 0. The van der Waals surface area contributed by atoms with Gasteiger partial charge >= 0.3 is 13.1 Å². The van der Waals surface area contributed by atoms with Gasteiger partial charge in [0, 0.05) is 13.5 Å². The van der Waals surface area contributed by atoms with Gasteiger partial charge in [-0.2, -0.15) is 0 Å². The number of methoxy groups -OCH3 is 1. The monoisotopic (exact) mass is 376 g/mol. The lowest BCUT2D eigenvalue weighted by molar-refractivity contribution is -0.118. The second-order valence-electron chi connectivity index (χ2n) is 7.24. The van der Waals surface area contributed by atoms with Gasteiger partial charge < -0.3 is 25.1 Å². The first-order chi connectivity index (χ1) is 12.5. The molecule has 0 saturated carbocycles. The van der Waals surface area contributed by atoms with Crippen LogP contribution in [0.5, 0.6) is 0 Å². The third-order valence-electron chi connectivity index (χ3n) is 4.63. The lowest BCUT2D eigenvalue weighted by Crippen LogP contribution is -2.41. The van der Waals surface area contributed by atoms with E-state index >= 15 is 0 Å². The Bertz CT molecular complexity index is 763. The second-order valence-corrected chi connectivity index (χ2v) is 7.24. The van der Waals surface area contributed by atoms with Crippen molar-refractivity contribution in [2.75, 3.05) is 19.4 Å². The number of rotatable bonds is 5. The number of amides is 1. The Kier molecular flexibility index (Phi) is 5.91. The summed E-state index contributed by atoms with van der Waals surface area (Å²) < 4.78 is 16.8. The Morgan fingerprint density at radius 2 is 1.89 bits per heavy atom. The Morgan fingerprint density at radius 1 is 1.30 bits per heavy atom. The third-order valence-corrected chi connectivity index (χ3v) is 4.63. The predicted molar refractivity (Wildman–Crippen MR) is 101 cm³/mol. The molecule has 0 aliphatic carbocycles. The normalized spacial score (nSPS) is 18.3. The first-order valence-electron chi connectivity index (χ1n) is 8.48. The topological polar surface area (TPSA) is 126 Å². The molecular weight excluding hydrogens is 351 g/mol. The van der Waals surface area contributed by atoms with Crippen molar-refractivity contribution in [3.8, 4) is 0 Å². The molecule has 10 heteroatoms. The Balaban J connectivity index is 2.40. The van der Waals surface area contributed by atoms with E-state index in [1.54, 1.807) is 6.08 Å². The van der Waals surface area contributed by atoms with Crippen molar-refractivity contribution in [3.05, 3.63) is 23.1 Å². The van der Waals surface area contributed by atoms with Crippen LogP contribution in [-0.4, -0.2) is 53.8 Å². The molecular formula is C17H25BN4O5. The fraction of sp³-hybridized carbons (Fsp3) is 0.529. The highest BCUT2D eigenvalue weighted by atomic mass is 16.7. The predicted octanol–water partition coefficient (Wildman–Crippen LogP) is 0.996. The van der Waals surface area contributed by atoms with Crippen molar-refractivity contribution in [2.24, 2.45) is 0 Å². The van der Waals surface area contributed by atoms with Crippen molar-refractivity contribution in [1.82, 2.24) is 15.3 Å². The van der Waals surface area contributed by atoms with Crippen LogP contribution in [0.3, 0.4) is 0 Å². The van der Waals surface area contributed by atoms with E-state index in [0.717, 1.165) is 0 Å². The van der Waals surface area contributed by atoms with Crippen LogP contribution in [0.1, 0.15) is 50.8 Å². The zero-order valence-corrected chi connectivity index (χ0v) is 16.5. The molecule has 1 saturated heterocycles. The average molecular weight is 376 g/mol. The summed E-state index contributed by atoms with van der Waals surface area (Å²) in [5.74, 6) is -0.914. The second kappa shape index (κ2) is 7.65. The van der Waals surface area contributed by atoms with Crippen LogP contribution in [0.15, 0.2) is 11.7 Å². The SMILES string of the molecule is COC(=O)c1nc(C=C(CNC(C)=O)B2OC(C)(C)C(C)(C)O2)cnc1N. The molecule has 0 atom stereocenters. The molecule has 3 N–H and O–H groups in total. The fourth-order valence-corrected chi connectivity index (χ4v) is 2.34. The molecule has 1 aromatic heterocycles. The molecule has 9 nitrogen and oxygen atoms in total. The fourth-order valence-electron chi connectivity index (χ4n) is 2.34. The molecule has 2 rings (SSSR count). The number of hydrogen-bond acceptors (Lipinski definition) is 8. The minimum absolute atomic E-state index is 0.0296. The van der Waals surface area contributed by atoms with Gasteiger partial charge in [0.2, 0.25) is 5.91 Å². The molecule has 0 bridgehead atoms. The molecule has 146 valence electrons. The zero-order chi connectivity index (χ0) is 20.4. The van der Waals surface area contributed by atoms with E-state index in [2.05, 4.69) is 20.0 Å². The summed E-state index contributed by atoms with van der Waals surface area (Å²) in [5.41, 5.74) is 5.50.